The summed E-state index contributed by atoms with van der Waals surface area (Å²) in [5.74, 6) is -0.262. The summed E-state index contributed by atoms with van der Waals surface area (Å²) in [5, 5.41) is 0. The zero-order valence-corrected chi connectivity index (χ0v) is 6.16. The summed E-state index contributed by atoms with van der Waals surface area (Å²) in [6.45, 7) is 1.78. The van der Waals surface area contributed by atoms with Crippen molar-refractivity contribution in [3.8, 4) is 0 Å². The van der Waals surface area contributed by atoms with E-state index < -0.39 is 5.79 Å². The Morgan fingerprint density at radius 2 is 1.75 bits per heavy atom. The van der Waals surface area contributed by atoms with Gasteiger partial charge >= 0.3 is 0 Å². The molecule has 0 aliphatic carbocycles. The van der Waals surface area contributed by atoms with Gasteiger partial charge < -0.3 is 9.47 Å². The highest BCUT2D eigenvalue weighted by Gasteiger charge is 2.19. The summed E-state index contributed by atoms with van der Waals surface area (Å²) in [5.41, 5.74) is 0. The van der Waals surface area contributed by atoms with E-state index in [-0.39, 0.29) is 0 Å². The largest absolute Gasteiger partial charge is 0.352 e. The quantitative estimate of drug-likeness (QED) is 0.432. The SMILES string of the molecule is COC(C)(CCl)OC. The molecule has 0 aromatic rings. The predicted molar refractivity (Wildman–Crippen MR) is 33.1 cm³/mol. The lowest BCUT2D eigenvalue weighted by Gasteiger charge is -2.22. The highest BCUT2D eigenvalue weighted by atomic mass is 35.5. The Kier molecular flexibility index (Phi) is 3.36. The normalized spacial score (nSPS) is 12.0. The Labute approximate surface area is 54.7 Å². The Bertz CT molecular complexity index is 53.2. The van der Waals surface area contributed by atoms with Crippen LogP contribution in [-0.4, -0.2) is 25.9 Å². The smallest absolute Gasteiger partial charge is 0.178 e. The van der Waals surface area contributed by atoms with Gasteiger partial charge in [0.1, 0.15) is 0 Å². The van der Waals surface area contributed by atoms with Crippen LogP contribution in [0.2, 0.25) is 0 Å². The first-order valence-corrected chi connectivity index (χ1v) is 2.88. The van der Waals surface area contributed by atoms with Crippen LogP contribution in [0.3, 0.4) is 0 Å². The molecular formula is C5H11ClO2. The molecule has 8 heavy (non-hydrogen) atoms. The van der Waals surface area contributed by atoms with Crippen molar-refractivity contribution in [3.63, 3.8) is 0 Å². The monoisotopic (exact) mass is 138 g/mol. The second-order valence-electron chi connectivity index (χ2n) is 1.68. The van der Waals surface area contributed by atoms with E-state index in [1.165, 1.54) is 0 Å². The number of methoxy groups -OCH3 is 2. The fourth-order valence-corrected chi connectivity index (χ4v) is 0.411. The zero-order valence-electron chi connectivity index (χ0n) is 5.40. The minimum absolute atomic E-state index is 0.347. The summed E-state index contributed by atoms with van der Waals surface area (Å²) in [6.07, 6.45) is 0. The van der Waals surface area contributed by atoms with Crippen molar-refractivity contribution in [3.05, 3.63) is 0 Å². The van der Waals surface area contributed by atoms with E-state index in [2.05, 4.69) is 0 Å². The Hall–Kier alpha value is 0.210. The molecule has 0 aromatic heterocycles. The van der Waals surface area contributed by atoms with Crippen molar-refractivity contribution < 1.29 is 9.47 Å². The van der Waals surface area contributed by atoms with Crippen molar-refractivity contribution in [2.45, 2.75) is 12.7 Å². The van der Waals surface area contributed by atoms with E-state index in [9.17, 15) is 0 Å². The number of ether oxygens (including phenoxy) is 2. The number of rotatable bonds is 3. The average Bonchev–Trinajstić information content (AvgIpc) is 1.87. The summed E-state index contributed by atoms with van der Waals surface area (Å²) in [6, 6.07) is 0. The lowest BCUT2D eigenvalue weighted by atomic mass is 10.4. The third-order valence-electron chi connectivity index (χ3n) is 1.11. The van der Waals surface area contributed by atoms with Gasteiger partial charge in [0.2, 0.25) is 0 Å². The van der Waals surface area contributed by atoms with Crippen LogP contribution in [0.4, 0.5) is 0 Å². The topological polar surface area (TPSA) is 18.5 Å². The summed E-state index contributed by atoms with van der Waals surface area (Å²) >= 11 is 5.46. The third-order valence-corrected chi connectivity index (χ3v) is 1.59. The van der Waals surface area contributed by atoms with Gasteiger partial charge in [-0.25, -0.2) is 0 Å². The molecule has 2 nitrogen and oxygen atoms in total. The van der Waals surface area contributed by atoms with Crippen LogP contribution in [0.1, 0.15) is 6.92 Å². The number of halogens is 1. The average molecular weight is 139 g/mol. The van der Waals surface area contributed by atoms with Gasteiger partial charge in [0.25, 0.3) is 0 Å². The molecule has 0 rings (SSSR count). The molecular weight excluding hydrogens is 128 g/mol. The first-order chi connectivity index (χ1) is 3.68. The van der Waals surface area contributed by atoms with Gasteiger partial charge in [-0.15, -0.1) is 11.6 Å². The molecule has 50 valence electrons. The first kappa shape index (κ1) is 8.21. The van der Waals surface area contributed by atoms with E-state index in [0.717, 1.165) is 0 Å². The molecule has 0 radical (unpaired) electrons. The molecule has 0 heterocycles. The van der Waals surface area contributed by atoms with Crippen LogP contribution in [0.25, 0.3) is 0 Å². The van der Waals surface area contributed by atoms with Crippen LogP contribution in [0, 0.1) is 0 Å². The molecule has 0 saturated carbocycles. The third kappa shape index (κ3) is 1.99. The van der Waals surface area contributed by atoms with E-state index in [1.54, 1.807) is 21.1 Å². The van der Waals surface area contributed by atoms with Crippen LogP contribution in [-0.2, 0) is 9.47 Å². The van der Waals surface area contributed by atoms with Gasteiger partial charge in [0.05, 0.1) is 5.88 Å². The van der Waals surface area contributed by atoms with Crippen LogP contribution < -0.4 is 0 Å². The molecule has 0 unspecified atom stereocenters. The Morgan fingerprint density at radius 1 is 1.38 bits per heavy atom. The Balaban J connectivity index is 3.58. The highest BCUT2D eigenvalue weighted by molar-refractivity contribution is 6.18. The van der Waals surface area contributed by atoms with E-state index >= 15 is 0 Å². The summed E-state index contributed by atoms with van der Waals surface area (Å²) in [4.78, 5) is 0. The summed E-state index contributed by atoms with van der Waals surface area (Å²) < 4.78 is 9.76. The van der Waals surface area contributed by atoms with E-state index in [4.69, 9.17) is 21.1 Å². The van der Waals surface area contributed by atoms with Crippen molar-refractivity contribution in [1.29, 1.82) is 0 Å². The number of hydrogen-bond acceptors (Lipinski definition) is 2. The maximum atomic E-state index is 5.46. The van der Waals surface area contributed by atoms with Crippen molar-refractivity contribution in [2.75, 3.05) is 20.1 Å². The van der Waals surface area contributed by atoms with Crippen molar-refractivity contribution >= 4 is 11.6 Å². The first-order valence-electron chi connectivity index (χ1n) is 2.35. The molecule has 0 aliphatic rings. The standard InChI is InChI=1S/C5H11ClO2/c1-5(4-6,7-2)8-3/h4H2,1-3H3. The molecule has 0 aliphatic heterocycles. The predicted octanol–water partition coefficient (Wildman–Crippen LogP) is 1.23. The molecule has 0 spiro atoms. The number of alkyl halides is 1. The van der Waals surface area contributed by atoms with Crippen LogP contribution in [0.5, 0.6) is 0 Å². The van der Waals surface area contributed by atoms with E-state index in [1.807, 2.05) is 0 Å². The second-order valence-corrected chi connectivity index (χ2v) is 1.94. The fraction of sp³-hybridized carbons (Fsp3) is 1.00. The maximum absolute atomic E-state index is 5.46. The molecule has 0 fully saturated rings. The highest BCUT2D eigenvalue weighted by Crippen LogP contribution is 2.10. The molecule has 0 N–H and O–H groups in total. The molecule has 0 bridgehead atoms. The lowest BCUT2D eigenvalue weighted by Crippen LogP contribution is -2.31. The van der Waals surface area contributed by atoms with Crippen LogP contribution >= 0.6 is 11.6 Å². The molecule has 0 saturated heterocycles. The maximum Gasteiger partial charge on any atom is 0.178 e. The van der Waals surface area contributed by atoms with Gasteiger partial charge in [0.15, 0.2) is 5.79 Å². The van der Waals surface area contributed by atoms with E-state index in [0.29, 0.717) is 5.88 Å². The molecule has 0 atom stereocenters. The Morgan fingerprint density at radius 3 is 1.75 bits per heavy atom. The fourth-order valence-electron chi connectivity index (χ4n) is 0.192. The minimum atomic E-state index is -0.610. The second kappa shape index (κ2) is 3.28. The van der Waals surface area contributed by atoms with Gasteiger partial charge in [-0.3, -0.25) is 0 Å². The van der Waals surface area contributed by atoms with Crippen molar-refractivity contribution in [2.24, 2.45) is 0 Å². The zero-order chi connectivity index (χ0) is 6.62. The minimum Gasteiger partial charge on any atom is -0.352 e. The molecule has 0 aromatic carbocycles. The summed E-state index contributed by atoms with van der Waals surface area (Å²) in [7, 11) is 3.12. The molecule has 3 heteroatoms. The lowest BCUT2D eigenvalue weighted by molar-refractivity contribution is -0.176. The van der Waals surface area contributed by atoms with Gasteiger partial charge in [0, 0.05) is 14.2 Å². The number of hydrogen-bond donors (Lipinski definition) is 0. The van der Waals surface area contributed by atoms with Gasteiger partial charge in [-0.1, -0.05) is 0 Å². The van der Waals surface area contributed by atoms with Crippen molar-refractivity contribution in [1.82, 2.24) is 0 Å². The van der Waals surface area contributed by atoms with Gasteiger partial charge in [-0.05, 0) is 6.92 Å². The molecule has 0 amide bonds. The van der Waals surface area contributed by atoms with Crippen LogP contribution in [0.15, 0.2) is 0 Å². The van der Waals surface area contributed by atoms with Gasteiger partial charge in [-0.2, -0.15) is 0 Å².